The number of amides is 1. The molecular weight excluding hydrogens is 542 g/mol. The van der Waals surface area contributed by atoms with Crippen LogP contribution in [0.2, 0.25) is 0 Å². The van der Waals surface area contributed by atoms with Crippen molar-refractivity contribution in [2.24, 2.45) is 22.9 Å². The largest absolute Gasteiger partial charge is 0.394 e. The summed E-state index contributed by atoms with van der Waals surface area (Å²) in [4.78, 5) is 12.6. The van der Waals surface area contributed by atoms with Crippen LogP contribution in [-0.4, -0.2) is 164 Å². The highest BCUT2D eigenvalue weighted by Gasteiger charge is 2.52. The molecule has 1 aliphatic carbocycles. The van der Waals surface area contributed by atoms with Gasteiger partial charge >= 0.3 is 0 Å². The third-order valence-electron chi connectivity index (χ3n) is 7.51. The van der Waals surface area contributed by atoms with Gasteiger partial charge in [-0.1, -0.05) is 0 Å². The Kier molecular flexibility index (Phi) is 11.9. The highest BCUT2D eigenvalue weighted by atomic mass is 16.7. The van der Waals surface area contributed by atoms with Crippen molar-refractivity contribution in [1.29, 1.82) is 0 Å². The van der Waals surface area contributed by atoms with Crippen LogP contribution >= 0.6 is 0 Å². The van der Waals surface area contributed by atoms with Gasteiger partial charge in [-0.05, 0) is 19.4 Å². The smallest absolute Gasteiger partial charge is 0.249 e. The van der Waals surface area contributed by atoms with E-state index in [0.717, 1.165) is 0 Å². The van der Waals surface area contributed by atoms with Gasteiger partial charge in [-0.25, -0.2) is 0 Å². The Hall–Kier alpha value is -1.17. The van der Waals surface area contributed by atoms with Gasteiger partial charge < -0.3 is 88.1 Å². The average Bonchev–Trinajstić information content (AvgIpc) is 2.92. The van der Waals surface area contributed by atoms with Crippen molar-refractivity contribution in [2.75, 3.05) is 19.7 Å². The zero-order valence-electron chi connectivity index (χ0n) is 21.7. The van der Waals surface area contributed by atoms with Crippen LogP contribution in [0.15, 0.2) is 0 Å². The molecule has 2 aliphatic heterocycles. The summed E-state index contributed by atoms with van der Waals surface area (Å²) in [5.74, 6) is -0.845. The summed E-state index contributed by atoms with van der Waals surface area (Å²) in [6, 6.07) is -3.45. The van der Waals surface area contributed by atoms with E-state index < -0.39 is 110 Å². The molecule has 3 fully saturated rings. The van der Waals surface area contributed by atoms with Crippen LogP contribution in [0, 0.1) is 0 Å². The van der Waals surface area contributed by atoms with Gasteiger partial charge in [0.05, 0.1) is 18.7 Å². The number of nitrogens with one attached hydrogen (secondary N) is 1. The molecule has 2 saturated heterocycles. The Bertz CT molecular complexity index is 815. The molecule has 3 rings (SSSR count). The first kappa shape index (κ1) is 33.3. The molecule has 234 valence electrons. The Morgan fingerprint density at radius 3 is 2.05 bits per heavy atom. The second-order valence-corrected chi connectivity index (χ2v) is 10.3. The molecule has 16 atom stereocenters. The van der Waals surface area contributed by atoms with Crippen LogP contribution in [0.25, 0.3) is 0 Å². The molecule has 0 bridgehead atoms. The van der Waals surface area contributed by atoms with E-state index in [-0.39, 0.29) is 25.9 Å². The lowest BCUT2D eigenvalue weighted by atomic mass is 9.83. The van der Waals surface area contributed by atoms with Gasteiger partial charge in [0.2, 0.25) is 5.91 Å². The number of carbonyl (C=O) groups excluding carboxylic acids is 1. The topological polar surface area (TPSA) is 332 Å². The number of aliphatic hydroxyl groups excluding tert-OH is 8. The summed E-state index contributed by atoms with van der Waals surface area (Å²) in [6.07, 6.45) is -19.8. The lowest BCUT2D eigenvalue weighted by molar-refractivity contribution is -0.332. The van der Waals surface area contributed by atoms with Crippen molar-refractivity contribution < 1.29 is 64.6 Å². The Morgan fingerprint density at radius 1 is 0.850 bits per heavy atom. The second-order valence-electron chi connectivity index (χ2n) is 10.3. The summed E-state index contributed by atoms with van der Waals surface area (Å²) in [6.45, 7) is -0.898. The summed E-state index contributed by atoms with van der Waals surface area (Å²) in [5.41, 5.74) is 23.1. The van der Waals surface area contributed by atoms with Crippen molar-refractivity contribution >= 4 is 5.91 Å². The number of carbonyl (C=O) groups is 1. The first-order valence-corrected chi connectivity index (χ1v) is 13.1. The van der Waals surface area contributed by atoms with E-state index >= 15 is 0 Å². The van der Waals surface area contributed by atoms with Crippen molar-refractivity contribution in [2.45, 2.75) is 111 Å². The highest BCUT2D eigenvalue weighted by molar-refractivity contribution is 5.80. The third kappa shape index (κ3) is 7.06. The van der Waals surface area contributed by atoms with E-state index in [4.69, 9.17) is 41.9 Å². The molecule has 0 aromatic heterocycles. The fourth-order valence-corrected chi connectivity index (χ4v) is 5.07. The maximum atomic E-state index is 12.6. The quantitative estimate of drug-likeness (QED) is 0.113. The normalized spacial score (nSPS) is 47.0. The van der Waals surface area contributed by atoms with Crippen LogP contribution in [0.5, 0.6) is 0 Å². The summed E-state index contributed by atoms with van der Waals surface area (Å²) >= 11 is 0. The van der Waals surface area contributed by atoms with Gasteiger partial charge in [0.15, 0.2) is 12.6 Å². The Balaban J connectivity index is 1.85. The van der Waals surface area contributed by atoms with E-state index in [1.807, 2.05) is 0 Å². The minimum absolute atomic E-state index is 0.0101. The Labute approximate surface area is 229 Å². The zero-order valence-corrected chi connectivity index (χ0v) is 21.7. The molecule has 0 aromatic rings. The molecule has 18 nitrogen and oxygen atoms in total. The standard InChI is InChI=1S/C22H43N5O13/c23-2-1-8(29)20(36)27-7-3-6(25)18(39-22-16(34)15(33)13(31)9(4-24)37-22)17(35)19(7)40-21-14(32)11(26)12(30)10(5-28)38-21/h6-19,21-22,28-35H,1-5,23-26H2,(H,27,36)/t6-,7+,8-,9-,10-,11-,12+,13+,14+,15-,16+,17-,18-,19+,21+,22+/m0/s1. The molecule has 0 unspecified atom stereocenters. The maximum absolute atomic E-state index is 12.6. The summed E-state index contributed by atoms with van der Waals surface area (Å²) < 4.78 is 22.5. The number of ether oxygens (including phenoxy) is 4. The molecule has 0 radical (unpaired) electrons. The average molecular weight is 586 g/mol. The molecule has 2 heterocycles. The maximum Gasteiger partial charge on any atom is 0.249 e. The van der Waals surface area contributed by atoms with Crippen LogP contribution in [0.1, 0.15) is 12.8 Å². The highest BCUT2D eigenvalue weighted by Crippen LogP contribution is 2.32. The van der Waals surface area contributed by atoms with Gasteiger partial charge in [0.1, 0.15) is 67.1 Å². The minimum atomic E-state index is -1.76. The first-order valence-electron chi connectivity index (χ1n) is 13.1. The zero-order chi connectivity index (χ0) is 29.9. The fourth-order valence-electron chi connectivity index (χ4n) is 5.07. The van der Waals surface area contributed by atoms with Gasteiger partial charge in [-0.2, -0.15) is 0 Å². The molecule has 1 amide bonds. The van der Waals surface area contributed by atoms with Crippen LogP contribution in [0.4, 0.5) is 0 Å². The van der Waals surface area contributed by atoms with Crippen molar-refractivity contribution in [3.8, 4) is 0 Å². The van der Waals surface area contributed by atoms with Gasteiger partial charge in [-0.15, -0.1) is 0 Å². The van der Waals surface area contributed by atoms with Crippen LogP contribution < -0.4 is 28.3 Å². The lowest BCUT2D eigenvalue weighted by Crippen LogP contribution is -2.69. The molecule has 0 aromatic carbocycles. The number of hydrogen-bond donors (Lipinski definition) is 13. The lowest BCUT2D eigenvalue weighted by Gasteiger charge is -2.49. The first-order chi connectivity index (χ1) is 18.9. The van der Waals surface area contributed by atoms with Gasteiger partial charge in [0.25, 0.3) is 0 Å². The molecular formula is C22H43N5O13. The van der Waals surface area contributed by atoms with E-state index in [1.165, 1.54) is 0 Å². The molecule has 40 heavy (non-hydrogen) atoms. The van der Waals surface area contributed by atoms with E-state index in [1.54, 1.807) is 0 Å². The van der Waals surface area contributed by atoms with Crippen molar-refractivity contribution in [3.63, 3.8) is 0 Å². The molecule has 17 N–H and O–H groups in total. The van der Waals surface area contributed by atoms with E-state index in [9.17, 15) is 45.6 Å². The predicted molar refractivity (Wildman–Crippen MR) is 131 cm³/mol. The van der Waals surface area contributed by atoms with Crippen molar-refractivity contribution in [3.05, 3.63) is 0 Å². The molecule has 1 saturated carbocycles. The molecule has 0 spiro atoms. The molecule has 18 heteroatoms. The van der Waals surface area contributed by atoms with Crippen molar-refractivity contribution in [1.82, 2.24) is 5.32 Å². The number of aliphatic hydroxyl groups is 8. The monoisotopic (exact) mass is 585 g/mol. The SMILES string of the molecule is NCC[C@H](O)C(=O)N[C@@H]1C[C@H](N)[C@H](O[C@H]2O[C@@H](CN)[C@@H](O)[C@H](O)[C@H]2O)[C@H](O)[C@@H]1O[C@H]1O[C@@H](CO)[C@@H](O)[C@H](N)[C@H]1O. The van der Waals surface area contributed by atoms with Crippen LogP contribution in [0.3, 0.4) is 0 Å². The minimum Gasteiger partial charge on any atom is -0.394 e. The predicted octanol–water partition coefficient (Wildman–Crippen LogP) is -8.42. The number of nitrogens with two attached hydrogens (primary N) is 4. The van der Waals surface area contributed by atoms with Crippen LogP contribution in [-0.2, 0) is 23.7 Å². The van der Waals surface area contributed by atoms with E-state index in [0.29, 0.717) is 0 Å². The molecule has 3 aliphatic rings. The number of rotatable bonds is 10. The number of hydrogen-bond acceptors (Lipinski definition) is 17. The second kappa shape index (κ2) is 14.3. The fraction of sp³-hybridized carbons (Fsp3) is 0.955. The third-order valence-corrected chi connectivity index (χ3v) is 7.51. The van der Waals surface area contributed by atoms with E-state index in [2.05, 4.69) is 5.32 Å². The van der Waals surface area contributed by atoms with Gasteiger partial charge in [0, 0.05) is 12.6 Å². The summed E-state index contributed by atoms with van der Waals surface area (Å²) in [7, 11) is 0. The Morgan fingerprint density at radius 2 is 1.45 bits per heavy atom. The van der Waals surface area contributed by atoms with Gasteiger partial charge in [-0.3, -0.25) is 4.79 Å². The summed E-state index contributed by atoms with van der Waals surface area (Å²) in [5, 5.41) is 84.9.